The number of carbonyl (C=O) groups excluding carboxylic acids is 2. The van der Waals surface area contributed by atoms with E-state index in [0.717, 1.165) is 44.1 Å². The van der Waals surface area contributed by atoms with E-state index < -0.39 is 15.9 Å². The zero-order valence-corrected chi connectivity index (χ0v) is 15.8. The fraction of sp³-hybridized carbons (Fsp3) is 0.556. The van der Waals surface area contributed by atoms with Crippen molar-refractivity contribution in [2.75, 3.05) is 17.1 Å². The second kappa shape index (κ2) is 7.65. The van der Waals surface area contributed by atoms with Gasteiger partial charge in [0.15, 0.2) is 0 Å². The molecule has 0 saturated heterocycles. The average molecular weight is 379 g/mol. The number of carbonyl (C=O) groups is 2. The molecule has 8 heteroatoms. The molecule has 1 heterocycles. The van der Waals surface area contributed by atoms with Crippen LogP contribution in [0.3, 0.4) is 0 Å². The molecule has 0 bridgehead atoms. The molecule has 1 fully saturated rings. The van der Waals surface area contributed by atoms with Crippen LogP contribution in [0.25, 0.3) is 0 Å². The van der Waals surface area contributed by atoms with E-state index >= 15 is 0 Å². The summed E-state index contributed by atoms with van der Waals surface area (Å²) in [6.45, 7) is 0.453. The molecule has 1 aliphatic carbocycles. The van der Waals surface area contributed by atoms with Gasteiger partial charge in [-0.15, -0.1) is 0 Å². The highest BCUT2D eigenvalue weighted by Crippen LogP contribution is 2.30. The third-order valence-electron chi connectivity index (χ3n) is 5.09. The molecule has 2 N–H and O–H groups in total. The van der Waals surface area contributed by atoms with Gasteiger partial charge in [-0.2, -0.15) is 0 Å². The highest BCUT2D eigenvalue weighted by molar-refractivity contribution is 7.92. The first-order chi connectivity index (χ1) is 12.4. The normalized spacial score (nSPS) is 18.1. The van der Waals surface area contributed by atoms with Gasteiger partial charge in [0, 0.05) is 18.0 Å². The number of hydrazine groups is 1. The maximum atomic E-state index is 12.3. The van der Waals surface area contributed by atoms with Crippen molar-refractivity contribution in [2.45, 2.75) is 44.9 Å². The van der Waals surface area contributed by atoms with Crippen molar-refractivity contribution in [3.8, 4) is 0 Å². The standard InChI is InChI=1S/C18H25N3O4S/c1-26(24,25)21-11-5-8-14-12-15(9-10-16(14)21)18(23)20-19-17(22)13-6-3-2-4-7-13/h9-10,12-13H,2-8,11H2,1H3,(H,19,22)(H,20,23). The number of anilines is 1. The number of hydrogen-bond donors (Lipinski definition) is 2. The van der Waals surface area contributed by atoms with Crippen LogP contribution >= 0.6 is 0 Å². The number of benzene rings is 1. The predicted molar refractivity (Wildman–Crippen MR) is 99.1 cm³/mol. The Hall–Kier alpha value is -2.09. The van der Waals surface area contributed by atoms with Crippen LogP contribution in [0.15, 0.2) is 18.2 Å². The van der Waals surface area contributed by atoms with Crippen LogP contribution in [0.4, 0.5) is 5.69 Å². The Morgan fingerprint density at radius 2 is 1.81 bits per heavy atom. The number of nitrogens with zero attached hydrogens (tertiary/aromatic N) is 1. The van der Waals surface area contributed by atoms with E-state index in [0.29, 0.717) is 24.2 Å². The van der Waals surface area contributed by atoms with Gasteiger partial charge < -0.3 is 0 Å². The minimum absolute atomic E-state index is 0.0316. The van der Waals surface area contributed by atoms with Gasteiger partial charge in [0.2, 0.25) is 15.9 Å². The van der Waals surface area contributed by atoms with E-state index in [4.69, 9.17) is 0 Å². The van der Waals surface area contributed by atoms with Crippen molar-refractivity contribution in [1.82, 2.24) is 10.9 Å². The maximum Gasteiger partial charge on any atom is 0.269 e. The zero-order chi connectivity index (χ0) is 18.7. The van der Waals surface area contributed by atoms with Crippen LogP contribution < -0.4 is 15.2 Å². The van der Waals surface area contributed by atoms with Gasteiger partial charge in [0.25, 0.3) is 5.91 Å². The Kier molecular flexibility index (Phi) is 5.50. The number of hydrogen-bond acceptors (Lipinski definition) is 4. The lowest BCUT2D eigenvalue weighted by Crippen LogP contribution is -2.45. The zero-order valence-electron chi connectivity index (χ0n) is 15.0. The summed E-state index contributed by atoms with van der Waals surface area (Å²) in [5.41, 5.74) is 6.85. The van der Waals surface area contributed by atoms with Crippen LogP contribution in [0.1, 0.15) is 54.4 Å². The topological polar surface area (TPSA) is 95.6 Å². The van der Waals surface area contributed by atoms with Crippen molar-refractivity contribution in [3.05, 3.63) is 29.3 Å². The summed E-state index contributed by atoms with van der Waals surface area (Å²) in [7, 11) is -3.33. The SMILES string of the molecule is CS(=O)(=O)N1CCCc2cc(C(=O)NNC(=O)C3CCCCC3)ccc21. The Morgan fingerprint density at radius 1 is 1.08 bits per heavy atom. The van der Waals surface area contributed by atoms with Gasteiger partial charge in [-0.3, -0.25) is 24.7 Å². The summed E-state index contributed by atoms with van der Waals surface area (Å²) in [4.78, 5) is 24.5. The van der Waals surface area contributed by atoms with Crippen molar-refractivity contribution in [2.24, 2.45) is 5.92 Å². The summed E-state index contributed by atoms with van der Waals surface area (Å²) in [5, 5.41) is 0. The Labute approximate surface area is 154 Å². The molecule has 1 aliphatic heterocycles. The molecule has 0 radical (unpaired) electrons. The Bertz CT molecular complexity index is 801. The largest absolute Gasteiger partial charge is 0.273 e. The second-order valence-electron chi connectivity index (χ2n) is 7.06. The molecule has 2 aliphatic rings. The molecule has 142 valence electrons. The van der Waals surface area contributed by atoms with E-state index in [1.54, 1.807) is 18.2 Å². The first-order valence-electron chi connectivity index (χ1n) is 9.07. The van der Waals surface area contributed by atoms with Crippen molar-refractivity contribution < 1.29 is 18.0 Å². The van der Waals surface area contributed by atoms with E-state index in [-0.39, 0.29) is 11.8 Å². The Balaban J connectivity index is 1.66. The minimum Gasteiger partial charge on any atom is -0.273 e. The van der Waals surface area contributed by atoms with Gasteiger partial charge in [0.1, 0.15) is 0 Å². The van der Waals surface area contributed by atoms with E-state index in [1.165, 1.54) is 10.6 Å². The van der Waals surface area contributed by atoms with Crippen molar-refractivity contribution in [1.29, 1.82) is 0 Å². The summed E-state index contributed by atoms with van der Waals surface area (Å²) in [6.07, 6.45) is 7.60. The summed E-state index contributed by atoms with van der Waals surface area (Å²) < 4.78 is 25.2. The molecule has 7 nitrogen and oxygen atoms in total. The molecule has 3 rings (SSSR count). The second-order valence-corrected chi connectivity index (χ2v) is 8.97. The highest BCUT2D eigenvalue weighted by Gasteiger charge is 2.25. The monoisotopic (exact) mass is 379 g/mol. The van der Waals surface area contributed by atoms with Crippen LogP contribution in [0.5, 0.6) is 0 Å². The van der Waals surface area contributed by atoms with Gasteiger partial charge >= 0.3 is 0 Å². The molecular weight excluding hydrogens is 354 g/mol. The van der Waals surface area contributed by atoms with Crippen molar-refractivity contribution >= 4 is 27.5 Å². The van der Waals surface area contributed by atoms with E-state index in [9.17, 15) is 18.0 Å². The molecule has 1 aromatic carbocycles. The summed E-state index contributed by atoms with van der Waals surface area (Å²) in [5.74, 6) is -0.566. The number of fused-ring (bicyclic) bond motifs is 1. The lowest BCUT2D eigenvalue weighted by molar-refractivity contribution is -0.126. The van der Waals surface area contributed by atoms with Crippen LogP contribution in [0, 0.1) is 5.92 Å². The quantitative estimate of drug-likeness (QED) is 0.782. The molecule has 2 amide bonds. The fourth-order valence-electron chi connectivity index (χ4n) is 3.71. The Morgan fingerprint density at radius 3 is 2.50 bits per heavy atom. The molecule has 1 aromatic rings. The lowest BCUT2D eigenvalue weighted by atomic mass is 9.89. The van der Waals surface area contributed by atoms with Crippen molar-refractivity contribution in [3.63, 3.8) is 0 Å². The van der Waals surface area contributed by atoms with Crippen LogP contribution in [-0.4, -0.2) is 33.0 Å². The predicted octanol–water partition coefficient (Wildman–Crippen LogP) is 1.74. The average Bonchev–Trinajstić information content (AvgIpc) is 2.64. The molecular formula is C18H25N3O4S. The van der Waals surface area contributed by atoms with E-state index in [2.05, 4.69) is 10.9 Å². The third-order valence-corrected chi connectivity index (χ3v) is 6.27. The number of aryl methyl sites for hydroxylation is 1. The van der Waals surface area contributed by atoms with Crippen LogP contribution in [0.2, 0.25) is 0 Å². The van der Waals surface area contributed by atoms with Crippen LogP contribution in [-0.2, 0) is 21.2 Å². The van der Waals surface area contributed by atoms with E-state index in [1.807, 2.05) is 0 Å². The maximum absolute atomic E-state index is 12.3. The summed E-state index contributed by atoms with van der Waals surface area (Å²) in [6, 6.07) is 4.95. The third kappa shape index (κ3) is 4.17. The first-order valence-corrected chi connectivity index (χ1v) is 10.9. The molecule has 0 aromatic heterocycles. The van der Waals surface area contributed by atoms with Gasteiger partial charge in [0.05, 0.1) is 11.9 Å². The molecule has 0 atom stereocenters. The lowest BCUT2D eigenvalue weighted by Gasteiger charge is -2.29. The number of amides is 2. The highest BCUT2D eigenvalue weighted by atomic mass is 32.2. The summed E-state index contributed by atoms with van der Waals surface area (Å²) >= 11 is 0. The fourth-order valence-corrected chi connectivity index (χ4v) is 4.70. The molecule has 0 spiro atoms. The number of nitrogens with one attached hydrogen (secondary N) is 2. The smallest absolute Gasteiger partial charge is 0.269 e. The number of sulfonamides is 1. The molecule has 0 unspecified atom stereocenters. The number of rotatable bonds is 3. The van der Waals surface area contributed by atoms with Gasteiger partial charge in [-0.1, -0.05) is 19.3 Å². The van der Waals surface area contributed by atoms with Gasteiger partial charge in [-0.05, 0) is 49.4 Å². The minimum atomic E-state index is -3.33. The van der Waals surface area contributed by atoms with Gasteiger partial charge in [-0.25, -0.2) is 8.42 Å². The molecule has 26 heavy (non-hydrogen) atoms. The molecule has 1 saturated carbocycles. The first kappa shape index (κ1) is 18.7.